The van der Waals surface area contributed by atoms with Gasteiger partial charge in [-0.05, 0) is 37.5 Å². The number of hydrogen-bond donors (Lipinski definition) is 1. The van der Waals surface area contributed by atoms with Gasteiger partial charge in [-0.3, -0.25) is 9.69 Å². The molecule has 2 fully saturated rings. The van der Waals surface area contributed by atoms with E-state index in [1.54, 1.807) is 0 Å². The van der Waals surface area contributed by atoms with Gasteiger partial charge in [-0.15, -0.1) is 0 Å². The van der Waals surface area contributed by atoms with Gasteiger partial charge in [0.2, 0.25) is 0 Å². The molecule has 0 spiro atoms. The lowest BCUT2D eigenvalue weighted by Crippen LogP contribution is -2.44. The molecule has 0 aromatic carbocycles. The van der Waals surface area contributed by atoms with Crippen LogP contribution >= 0.6 is 0 Å². The predicted molar refractivity (Wildman–Crippen MR) is 63.3 cm³/mol. The van der Waals surface area contributed by atoms with Crippen molar-refractivity contribution in [1.82, 2.24) is 4.90 Å². The lowest BCUT2D eigenvalue weighted by molar-refractivity contribution is -0.138. The van der Waals surface area contributed by atoms with Crippen molar-refractivity contribution >= 4 is 5.97 Å². The molecule has 0 aromatic rings. The Labute approximate surface area is 97.8 Å². The molecule has 2 saturated heterocycles. The molecule has 16 heavy (non-hydrogen) atoms. The fraction of sp³-hybridized carbons (Fsp3) is 0.923. The number of piperidine rings is 1. The SMILES string of the molecule is CC(C)CN1C2CCC1CC(CC(=O)O)C2. The van der Waals surface area contributed by atoms with Gasteiger partial charge in [0.1, 0.15) is 0 Å². The first kappa shape index (κ1) is 11.9. The van der Waals surface area contributed by atoms with Gasteiger partial charge in [0.05, 0.1) is 0 Å². The first-order valence-electron chi connectivity index (χ1n) is 6.53. The van der Waals surface area contributed by atoms with Crippen molar-refractivity contribution < 1.29 is 9.90 Å². The molecule has 0 radical (unpaired) electrons. The van der Waals surface area contributed by atoms with Gasteiger partial charge in [-0.25, -0.2) is 0 Å². The minimum absolute atomic E-state index is 0.377. The van der Waals surface area contributed by atoms with Crippen LogP contribution < -0.4 is 0 Å². The number of hydrogen-bond acceptors (Lipinski definition) is 2. The molecule has 0 saturated carbocycles. The van der Waals surface area contributed by atoms with Gasteiger partial charge in [-0.1, -0.05) is 13.8 Å². The molecule has 2 atom stereocenters. The topological polar surface area (TPSA) is 40.5 Å². The number of carboxylic acid groups (broad SMARTS) is 1. The fourth-order valence-electron chi connectivity index (χ4n) is 3.52. The second kappa shape index (κ2) is 4.74. The number of fused-ring (bicyclic) bond motifs is 2. The summed E-state index contributed by atoms with van der Waals surface area (Å²) in [5.41, 5.74) is 0. The molecule has 2 unspecified atom stereocenters. The van der Waals surface area contributed by atoms with Crippen molar-refractivity contribution in [2.45, 2.75) is 58.0 Å². The molecule has 1 N–H and O–H groups in total. The molecule has 2 rings (SSSR count). The van der Waals surface area contributed by atoms with Gasteiger partial charge in [0.15, 0.2) is 0 Å². The summed E-state index contributed by atoms with van der Waals surface area (Å²) < 4.78 is 0. The maximum atomic E-state index is 10.7. The van der Waals surface area contributed by atoms with Crippen molar-refractivity contribution in [2.75, 3.05) is 6.54 Å². The highest BCUT2D eigenvalue weighted by Gasteiger charge is 2.40. The van der Waals surface area contributed by atoms with E-state index in [0.717, 1.165) is 18.8 Å². The number of carbonyl (C=O) groups is 1. The molecule has 0 aliphatic carbocycles. The summed E-state index contributed by atoms with van der Waals surface area (Å²) in [7, 11) is 0. The monoisotopic (exact) mass is 225 g/mol. The Morgan fingerprint density at radius 2 is 1.88 bits per heavy atom. The lowest BCUT2D eigenvalue weighted by Gasteiger charge is -2.39. The van der Waals surface area contributed by atoms with Gasteiger partial charge in [-0.2, -0.15) is 0 Å². The third-order valence-electron chi connectivity index (χ3n) is 4.02. The van der Waals surface area contributed by atoms with E-state index in [1.807, 2.05) is 0 Å². The first-order chi connectivity index (χ1) is 7.56. The highest BCUT2D eigenvalue weighted by molar-refractivity contribution is 5.67. The molecule has 2 heterocycles. The normalized spacial score (nSPS) is 34.6. The Hall–Kier alpha value is -0.570. The van der Waals surface area contributed by atoms with E-state index in [0.29, 0.717) is 24.4 Å². The highest BCUT2D eigenvalue weighted by Crippen LogP contribution is 2.40. The maximum Gasteiger partial charge on any atom is 0.303 e. The van der Waals surface area contributed by atoms with Crippen molar-refractivity contribution in [3.8, 4) is 0 Å². The van der Waals surface area contributed by atoms with E-state index in [2.05, 4.69) is 18.7 Å². The molecule has 2 bridgehead atoms. The molecule has 2 aliphatic heterocycles. The second-order valence-electron chi connectivity index (χ2n) is 5.91. The predicted octanol–water partition coefficient (Wildman–Crippen LogP) is 2.36. The Morgan fingerprint density at radius 1 is 1.31 bits per heavy atom. The Morgan fingerprint density at radius 3 is 2.31 bits per heavy atom. The summed E-state index contributed by atoms with van der Waals surface area (Å²) in [4.78, 5) is 13.4. The standard InChI is InChI=1S/C13H23NO2/c1-9(2)8-14-11-3-4-12(14)6-10(5-11)7-13(15)16/h9-12H,3-8H2,1-2H3,(H,15,16). The van der Waals surface area contributed by atoms with Gasteiger partial charge in [0, 0.05) is 25.0 Å². The zero-order valence-corrected chi connectivity index (χ0v) is 10.4. The molecular weight excluding hydrogens is 202 g/mol. The molecule has 0 aromatic heterocycles. The van der Waals surface area contributed by atoms with Crippen LogP contribution in [-0.4, -0.2) is 34.6 Å². The minimum Gasteiger partial charge on any atom is -0.481 e. The minimum atomic E-state index is -0.623. The summed E-state index contributed by atoms with van der Waals surface area (Å²) >= 11 is 0. The van der Waals surface area contributed by atoms with E-state index >= 15 is 0 Å². The quantitative estimate of drug-likeness (QED) is 0.798. The highest BCUT2D eigenvalue weighted by atomic mass is 16.4. The van der Waals surface area contributed by atoms with Gasteiger partial charge in [0.25, 0.3) is 0 Å². The average Bonchev–Trinajstić information content (AvgIpc) is 2.43. The molecule has 0 amide bonds. The fourth-order valence-corrected chi connectivity index (χ4v) is 3.52. The molecule has 3 nitrogen and oxygen atoms in total. The van der Waals surface area contributed by atoms with Crippen molar-refractivity contribution in [3.05, 3.63) is 0 Å². The zero-order valence-electron chi connectivity index (χ0n) is 10.4. The number of carboxylic acids is 1. The largest absolute Gasteiger partial charge is 0.481 e. The Bertz CT molecular complexity index is 251. The van der Waals surface area contributed by atoms with Crippen LogP contribution in [0, 0.1) is 11.8 Å². The van der Waals surface area contributed by atoms with Gasteiger partial charge < -0.3 is 5.11 Å². The third kappa shape index (κ3) is 2.57. The summed E-state index contributed by atoms with van der Waals surface area (Å²) in [5.74, 6) is 0.527. The third-order valence-corrected chi connectivity index (χ3v) is 4.02. The summed E-state index contributed by atoms with van der Waals surface area (Å²) in [6.45, 7) is 5.72. The van der Waals surface area contributed by atoms with Crippen LogP contribution in [0.25, 0.3) is 0 Å². The first-order valence-corrected chi connectivity index (χ1v) is 6.53. The molecule has 2 aliphatic rings. The Balaban J connectivity index is 1.93. The average molecular weight is 225 g/mol. The van der Waals surface area contributed by atoms with Crippen LogP contribution in [0.4, 0.5) is 0 Å². The number of rotatable bonds is 4. The molecule has 92 valence electrons. The number of nitrogens with zero attached hydrogens (tertiary/aromatic N) is 1. The van der Waals surface area contributed by atoms with E-state index in [1.165, 1.54) is 19.4 Å². The smallest absolute Gasteiger partial charge is 0.303 e. The van der Waals surface area contributed by atoms with Crippen LogP contribution in [0.1, 0.15) is 46.0 Å². The van der Waals surface area contributed by atoms with Crippen molar-refractivity contribution in [3.63, 3.8) is 0 Å². The second-order valence-corrected chi connectivity index (χ2v) is 5.91. The molecule has 3 heteroatoms. The van der Waals surface area contributed by atoms with E-state index in [4.69, 9.17) is 5.11 Å². The van der Waals surface area contributed by atoms with E-state index < -0.39 is 5.97 Å². The van der Waals surface area contributed by atoms with Crippen molar-refractivity contribution in [2.24, 2.45) is 11.8 Å². The van der Waals surface area contributed by atoms with Crippen LogP contribution in [-0.2, 0) is 4.79 Å². The summed E-state index contributed by atoms with van der Waals surface area (Å²) in [6, 6.07) is 1.34. The van der Waals surface area contributed by atoms with Gasteiger partial charge >= 0.3 is 5.97 Å². The maximum absolute atomic E-state index is 10.7. The summed E-state index contributed by atoms with van der Waals surface area (Å²) in [5, 5.41) is 8.86. The number of aliphatic carboxylic acids is 1. The van der Waals surface area contributed by atoms with Crippen LogP contribution in [0.15, 0.2) is 0 Å². The zero-order chi connectivity index (χ0) is 11.7. The molecular formula is C13H23NO2. The Kier molecular flexibility index (Phi) is 3.53. The van der Waals surface area contributed by atoms with Crippen LogP contribution in [0.3, 0.4) is 0 Å². The lowest BCUT2D eigenvalue weighted by atomic mass is 9.88. The van der Waals surface area contributed by atoms with E-state index in [-0.39, 0.29) is 0 Å². The van der Waals surface area contributed by atoms with E-state index in [9.17, 15) is 4.79 Å². The van der Waals surface area contributed by atoms with Crippen LogP contribution in [0.2, 0.25) is 0 Å². The van der Waals surface area contributed by atoms with Crippen LogP contribution in [0.5, 0.6) is 0 Å². The van der Waals surface area contributed by atoms with Crippen molar-refractivity contribution in [1.29, 1.82) is 0 Å². The summed E-state index contributed by atoms with van der Waals surface area (Å²) in [6.07, 6.45) is 5.16.